The summed E-state index contributed by atoms with van der Waals surface area (Å²) in [4.78, 5) is 16.1. The van der Waals surface area contributed by atoms with Crippen LogP contribution in [0.3, 0.4) is 0 Å². The van der Waals surface area contributed by atoms with Crippen LogP contribution in [0.25, 0.3) is 95.0 Å². The van der Waals surface area contributed by atoms with E-state index in [4.69, 9.17) is 15.0 Å². The van der Waals surface area contributed by atoms with Gasteiger partial charge in [0.15, 0.2) is 0 Å². The molecule has 348 valence electrons. The van der Waals surface area contributed by atoms with E-state index in [0.717, 1.165) is 66.8 Å². The van der Waals surface area contributed by atoms with Crippen molar-refractivity contribution in [3.8, 4) is 73.2 Å². The predicted octanol–water partition coefficient (Wildman–Crippen LogP) is 14.3. The number of rotatable bonds is 11. The Labute approximate surface area is 434 Å². The Morgan fingerprint density at radius 1 is 0.243 bits per heavy atom. The monoisotopic (exact) mass is 1010 g/mol. The Bertz CT molecular complexity index is 3840. The molecular weight excluding hydrogens is 957 g/mol. The molecule has 0 amide bonds. The van der Waals surface area contributed by atoms with Gasteiger partial charge in [0, 0.05) is 0 Å². The first kappa shape index (κ1) is 44.7. The molecule has 0 saturated heterocycles. The zero-order chi connectivity index (χ0) is 49.3. The van der Waals surface area contributed by atoms with Gasteiger partial charge in [0.1, 0.15) is 0 Å². The molecular formula is C69H48GeN4. The first-order valence-corrected chi connectivity index (χ1v) is 29.4. The third-order valence-corrected chi connectivity index (χ3v) is 24.4. The zero-order valence-electron chi connectivity index (χ0n) is 40.5. The van der Waals surface area contributed by atoms with Crippen molar-refractivity contribution in [1.29, 1.82) is 0 Å². The fourth-order valence-corrected chi connectivity index (χ4v) is 21.0. The Balaban J connectivity index is 1.11. The molecule has 0 bridgehead atoms. The molecule has 0 aliphatic carbocycles. The van der Waals surface area contributed by atoms with E-state index in [1.807, 2.05) is 36.4 Å². The molecule has 0 unspecified atom stereocenters. The van der Waals surface area contributed by atoms with Gasteiger partial charge >= 0.3 is 364 Å². The van der Waals surface area contributed by atoms with E-state index < -0.39 is 13.3 Å². The summed E-state index contributed by atoms with van der Waals surface area (Å²) in [5.74, 6) is 1.81. The van der Waals surface area contributed by atoms with E-state index in [-0.39, 0.29) is 0 Å². The Kier molecular flexibility index (Phi) is 11.7. The van der Waals surface area contributed by atoms with Crippen LogP contribution in [0, 0.1) is 0 Å². The third kappa shape index (κ3) is 8.12. The summed E-state index contributed by atoms with van der Waals surface area (Å²) in [5, 5.41) is 2.33. The van der Waals surface area contributed by atoms with Gasteiger partial charge in [0.25, 0.3) is 0 Å². The molecule has 0 aliphatic rings. The van der Waals surface area contributed by atoms with Crippen LogP contribution in [0.1, 0.15) is 0 Å². The van der Waals surface area contributed by atoms with Gasteiger partial charge in [-0.15, -0.1) is 0 Å². The van der Waals surface area contributed by atoms with Crippen LogP contribution in [0.4, 0.5) is 0 Å². The molecule has 0 atom stereocenters. The first-order chi connectivity index (χ1) is 36.7. The molecule has 74 heavy (non-hydrogen) atoms. The number of nitrogens with zero attached hydrogens (tertiary/aromatic N) is 4. The van der Waals surface area contributed by atoms with Crippen LogP contribution in [0.15, 0.2) is 291 Å². The molecule has 13 aromatic rings. The predicted molar refractivity (Wildman–Crippen MR) is 310 cm³/mol. The molecule has 0 fully saturated rings. The van der Waals surface area contributed by atoms with Crippen molar-refractivity contribution in [2.75, 3.05) is 0 Å². The minimum atomic E-state index is -3.63. The van der Waals surface area contributed by atoms with Crippen LogP contribution in [0.5, 0.6) is 0 Å². The van der Waals surface area contributed by atoms with Crippen LogP contribution in [0.2, 0.25) is 0 Å². The van der Waals surface area contributed by atoms with Crippen LogP contribution < -0.4 is 17.6 Å². The Morgan fingerprint density at radius 2 is 0.581 bits per heavy atom. The van der Waals surface area contributed by atoms with E-state index in [9.17, 15) is 0 Å². The van der Waals surface area contributed by atoms with E-state index in [0.29, 0.717) is 17.5 Å². The second-order valence-electron chi connectivity index (χ2n) is 18.7. The molecule has 5 heteroatoms. The summed E-state index contributed by atoms with van der Waals surface area (Å²) in [6, 6.07) is 105. The quantitative estimate of drug-likeness (QED) is 0.121. The SMILES string of the molecule is c1ccc(-c2ccc3c4ccc(-c5ccccc5)cc4n(-c4ccc(-c5ccc[c]([Ge]([c]6ccccc6)([c]6ccccc6)[c]6ccccc6)c5)cc4-c4nc(-c5ccccc5)nc(-c5ccccc5)n4)c3c2)cc1. The Hall–Kier alpha value is -9.23. The van der Waals surface area contributed by atoms with E-state index in [1.165, 1.54) is 28.4 Å². The molecule has 0 spiro atoms. The minimum Gasteiger partial charge on any atom is -0.0617 e. The van der Waals surface area contributed by atoms with Gasteiger partial charge in [0.2, 0.25) is 0 Å². The number of fused-ring (bicyclic) bond motifs is 3. The number of benzene rings is 11. The van der Waals surface area contributed by atoms with Crippen molar-refractivity contribution >= 4 is 52.7 Å². The van der Waals surface area contributed by atoms with Crippen molar-refractivity contribution in [2.45, 2.75) is 0 Å². The maximum absolute atomic E-state index is 5.44. The summed E-state index contributed by atoms with van der Waals surface area (Å²) in [7, 11) is 0. The summed E-state index contributed by atoms with van der Waals surface area (Å²) in [5.41, 5.74) is 12.7. The van der Waals surface area contributed by atoms with Gasteiger partial charge in [-0.05, 0) is 0 Å². The van der Waals surface area contributed by atoms with Crippen LogP contribution in [-0.2, 0) is 0 Å². The summed E-state index contributed by atoms with van der Waals surface area (Å²) in [6.07, 6.45) is 0. The summed E-state index contributed by atoms with van der Waals surface area (Å²) in [6.45, 7) is 0. The van der Waals surface area contributed by atoms with Crippen molar-refractivity contribution in [1.82, 2.24) is 19.5 Å². The summed E-state index contributed by atoms with van der Waals surface area (Å²) >= 11 is -3.63. The van der Waals surface area contributed by atoms with Crippen molar-refractivity contribution < 1.29 is 0 Å². The van der Waals surface area contributed by atoms with Gasteiger partial charge < -0.3 is 0 Å². The fourth-order valence-electron chi connectivity index (χ4n) is 10.9. The normalized spacial score (nSPS) is 11.5. The molecule has 0 N–H and O–H groups in total. The summed E-state index contributed by atoms with van der Waals surface area (Å²) < 4.78 is 7.91. The van der Waals surface area contributed by atoms with Gasteiger partial charge in [-0.2, -0.15) is 0 Å². The average Bonchev–Trinajstić information content (AvgIpc) is 3.82. The standard InChI is InChI=1S/C69H48GeN4/c1-8-23-49(24-9-1)55-39-42-61-62-43-40-56(50-25-10-2-11-26-50)48-66(62)74(65(61)47-55)64-44-41-54(46-63(64)69-72-67(51-27-12-3-13-28-51)71-68(73-69)52-29-14-4-15-30-52)53-31-22-38-60(45-53)70(57-32-16-5-17-33-57,58-34-18-6-19-35-58)59-36-20-7-21-37-59/h1-48H. The van der Waals surface area contributed by atoms with Crippen LogP contribution in [-0.4, -0.2) is 32.8 Å². The molecule has 0 saturated carbocycles. The smallest absolute Gasteiger partial charge is 0.0544 e. The fraction of sp³-hybridized carbons (Fsp3) is 0. The molecule has 13 rings (SSSR count). The third-order valence-electron chi connectivity index (χ3n) is 14.4. The molecule has 0 aliphatic heterocycles. The van der Waals surface area contributed by atoms with Crippen molar-refractivity contribution in [3.05, 3.63) is 291 Å². The van der Waals surface area contributed by atoms with E-state index in [1.54, 1.807) is 0 Å². The maximum Gasteiger partial charge on any atom is -0.0544 e. The number of aromatic nitrogens is 4. The second-order valence-corrected chi connectivity index (χ2v) is 26.7. The largest absolute Gasteiger partial charge is 0.0617 e. The van der Waals surface area contributed by atoms with Crippen molar-refractivity contribution in [2.24, 2.45) is 0 Å². The molecule has 0 radical (unpaired) electrons. The zero-order valence-corrected chi connectivity index (χ0v) is 42.6. The number of hydrogen-bond donors (Lipinski definition) is 0. The number of hydrogen-bond acceptors (Lipinski definition) is 3. The average molecular weight is 1010 g/mol. The minimum absolute atomic E-state index is 0.587. The van der Waals surface area contributed by atoms with Gasteiger partial charge in [-0.3, -0.25) is 0 Å². The van der Waals surface area contributed by atoms with E-state index >= 15 is 0 Å². The topological polar surface area (TPSA) is 43.6 Å². The van der Waals surface area contributed by atoms with Gasteiger partial charge in [-0.25, -0.2) is 0 Å². The molecule has 2 heterocycles. The van der Waals surface area contributed by atoms with Crippen LogP contribution >= 0.6 is 0 Å². The molecule has 4 nitrogen and oxygen atoms in total. The molecule has 2 aromatic heterocycles. The van der Waals surface area contributed by atoms with E-state index in [2.05, 4.69) is 259 Å². The van der Waals surface area contributed by atoms with Gasteiger partial charge in [-0.1, -0.05) is 72.8 Å². The van der Waals surface area contributed by atoms with Gasteiger partial charge in [0.05, 0.1) is 0 Å². The molecule has 11 aromatic carbocycles. The van der Waals surface area contributed by atoms with Crippen molar-refractivity contribution in [3.63, 3.8) is 0 Å². The first-order valence-electron chi connectivity index (χ1n) is 25.2. The Morgan fingerprint density at radius 3 is 1.03 bits per heavy atom. The second kappa shape index (κ2) is 19.4. The maximum atomic E-state index is 5.44.